The SMILES string of the molecule is C=C1NC(N)=Nc2c1c(C#CCCCCNC(=C)C(C)C)cn2C(C)C. The van der Waals surface area contributed by atoms with Gasteiger partial charge in [0, 0.05) is 36.6 Å². The Morgan fingerprint density at radius 3 is 2.73 bits per heavy atom. The molecule has 1 aromatic rings. The molecule has 1 aromatic heterocycles. The summed E-state index contributed by atoms with van der Waals surface area (Å²) < 4.78 is 2.10. The molecule has 0 saturated heterocycles. The Balaban J connectivity index is 1.99. The minimum Gasteiger partial charge on any atom is -0.389 e. The first-order chi connectivity index (χ1) is 12.3. The number of fused-ring (bicyclic) bond motifs is 1. The standard InChI is InChI=1S/C21H31N5/c1-14(2)16(5)23-12-10-8-7-9-11-18-13-26(15(3)4)20-19(18)17(6)24-21(22)25-20/h13-15,23H,5-8,10,12H2,1-4H3,(H3,22,24,25). The number of nitrogens with one attached hydrogen (secondary N) is 2. The predicted octanol–water partition coefficient (Wildman–Crippen LogP) is 3.87. The van der Waals surface area contributed by atoms with Crippen molar-refractivity contribution in [2.24, 2.45) is 16.6 Å². The molecule has 2 heterocycles. The molecule has 0 saturated carbocycles. The van der Waals surface area contributed by atoms with Crippen LogP contribution in [0.15, 0.2) is 30.0 Å². The van der Waals surface area contributed by atoms with Gasteiger partial charge in [0.1, 0.15) is 5.82 Å². The average molecular weight is 354 g/mol. The number of rotatable bonds is 7. The van der Waals surface area contributed by atoms with Gasteiger partial charge in [-0.1, -0.05) is 38.8 Å². The summed E-state index contributed by atoms with van der Waals surface area (Å²) >= 11 is 0. The van der Waals surface area contributed by atoms with Crippen molar-refractivity contribution in [3.63, 3.8) is 0 Å². The number of hydrogen-bond acceptors (Lipinski definition) is 4. The van der Waals surface area contributed by atoms with Gasteiger partial charge in [-0.25, -0.2) is 0 Å². The highest BCUT2D eigenvalue weighted by Crippen LogP contribution is 2.34. The number of nitrogens with two attached hydrogens (primary N) is 1. The van der Waals surface area contributed by atoms with Crippen molar-refractivity contribution >= 4 is 17.5 Å². The van der Waals surface area contributed by atoms with Gasteiger partial charge in [-0.05, 0) is 32.6 Å². The van der Waals surface area contributed by atoms with Gasteiger partial charge in [0.15, 0.2) is 5.96 Å². The zero-order valence-corrected chi connectivity index (χ0v) is 16.4. The minimum atomic E-state index is 0.280. The molecule has 5 nitrogen and oxygen atoms in total. The third-order valence-corrected chi connectivity index (χ3v) is 4.37. The maximum Gasteiger partial charge on any atom is 0.199 e. The van der Waals surface area contributed by atoms with Gasteiger partial charge < -0.3 is 20.9 Å². The van der Waals surface area contributed by atoms with Gasteiger partial charge in [0.2, 0.25) is 0 Å². The fourth-order valence-corrected chi connectivity index (χ4v) is 2.72. The Morgan fingerprint density at radius 1 is 1.35 bits per heavy atom. The highest BCUT2D eigenvalue weighted by molar-refractivity contribution is 5.96. The molecule has 0 radical (unpaired) electrons. The number of allylic oxidation sites excluding steroid dienone is 1. The van der Waals surface area contributed by atoms with Crippen LogP contribution >= 0.6 is 0 Å². The van der Waals surface area contributed by atoms with Crippen molar-refractivity contribution in [1.82, 2.24) is 15.2 Å². The van der Waals surface area contributed by atoms with Crippen LogP contribution in [0.5, 0.6) is 0 Å². The van der Waals surface area contributed by atoms with E-state index in [2.05, 4.69) is 72.9 Å². The number of aromatic nitrogens is 1. The fourth-order valence-electron chi connectivity index (χ4n) is 2.72. The lowest BCUT2D eigenvalue weighted by Crippen LogP contribution is -2.32. The molecule has 0 aromatic carbocycles. The van der Waals surface area contributed by atoms with E-state index in [0.29, 0.717) is 11.9 Å². The third kappa shape index (κ3) is 4.72. The second kappa shape index (κ2) is 8.66. The number of nitrogens with zero attached hydrogens (tertiary/aromatic N) is 2. The van der Waals surface area contributed by atoms with Gasteiger partial charge in [0.25, 0.3) is 0 Å². The highest BCUT2D eigenvalue weighted by Gasteiger charge is 2.22. The molecule has 5 heteroatoms. The Kier molecular flexibility index (Phi) is 6.57. The quantitative estimate of drug-likeness (QED) is 0.515. The van der Waals surface area contributed by atoms with Gasteiger partial charge in [-0.3, -0.25) is 0 Å². The molecular formula is C21H31N5. The molecule has 0 amide bonds. The molecule has 0 bridgehead atoms. The van der Waals surface area contributed by atoms with Crippen molar-refractivity contribution in [2.45, 2.75) is 53.0 Å². The normalized spacial score (nSPS) is 13.0. The lowest BCUT2D eigenvalue weighted by molar-refractivity contribution is 0.606. The minimum absolute atomic E-state index is 0.280. The lowest BCUT2D eigenvalue weighted by atomic mass is 10.1. The molecule has 0 atom stereocenters. The number of unbranched alkanes of at least 4 members (excludes halogenated alkanes) is 2. The highest BCUT2D eigenvalue weighted by atomic mass is 15.2. The molecule has 0 unspecified atom stereocenters. The van der Waals surface area contributed by atoms with Crippen LogP contribution < -0.4 is 16.4 Å². The first kappa shape index (κ1) is 19.7. The molecule has 1 aliphatic heterocycles. The molecule has 2 rings (SSSR count). The summed E-state index contributed by atoms with van der Waals surface area (Å²) in [6.07, 6.45) is 5.05. The number of aliphatic imine (C=N–C) groups is 1. The van der Waals surface area contributed by atoms with Crippen molar-refractivity contribution in [3.05, 3.63) is 36.2 Å². The smallest absolute Gasteiger partial charge is 0.199 e. The van der Waals surface area contributed by atoms with Crippen LogP contribution in [0.4, 0.5) is 5.82 Å². The summed E-state index contributed by atoms with van der Waals surface area (Å²) in [5.41, 5.74) is 9.61. The third-order valence-electron chi connectivity index (χ3n) is 4.37. The van der Waals surface area contributed by atoms with Crippen LogP contribution in [-0.4, -0.2) is 17.1 Å². The van der Waals surface area contributed by atoms with Crippen LogP contribution in [0.1, 0.15) is 64.1 Å². The van der Waals surface area contributed by atoms with E-state index in [1.54, 1.807) is 0 Å². The van der Waals surface area contributed by atoms with E-state index in [4.69, 9.17) is 5.73 Å². The summed E-state index contributed by atoms with van der Waals surface area (Å²) in [7, 11) is 0. The Hall–Kier alpha value is -2.61. The second-order valence-corrected chi connectivity index (χ2v) is 7.21. The van der Waals surface area contributed by atoms with E-state index in [0.717, 1.165) is 54.1 Å². The molecule has 140 valence electrons. The van der Waals surface area contributed by atoms with Crippen LogP contribution in [0.25, 0.3) is 5.70 Å². The predicted molar refractivity (Wildman–Crippen MR) is 111 cm³/mol. The number of guanidine groups is 1. The zero-order chi connectivity index (χ0) is 19.3. The molecule has 4 N–H and O–H groups in total. The average Bonchev–Trinajstić information content (AvgIpc) is 2.92. The maximum atomic E-state index is 5.84. The van der Waals surface area contributed by atoms with E-state index < -0.39 is 0 Å². The van der Waals surface area contributed by atoms with E-state index in [1.165, 1.54) is 0 Å². The van der Waals surface area contributed by atoms with Crippen molar-refractivity contribution in [3.8, 4) is 11.8 Å². The summed E-state index contributed by atoms with van der Waals surface area (Å²) in [5.74, 6) is 8.26. The van der Waals surface area contributed by atoms with E-state index in [-0.39, 0.29) is 6.04 Å². The van der Waals surface area contributed by atoms with Crippen molar-refractivity contribution in [2.75, 3.05) is 6.54 Å². The summed E-state index contributed by atoms with van der Waals surface area (Å²) in [5, 5.41) is 6.37. The Labute approximate surface area is 157 Å². The monoisotopic (exact) mass is 353 g/mol. The first-order valence-electron chi connectivity index (χ1n) is 9.28. The Morgan fingerprint density at radius 2 is 2.08 bits per heavy atom. The molecule has 0 spiro atoms. The largest absolute Gasteiger partial charge is 0.389 e. The summed E-state index contributed by atoms with van der Waals surface area (Å²) in [4.78, 5) is 4.44. The molecule has 0 fully saturated rings. The van der Waals surface area contributed by atoms with Crippen molar-refractivity contribution < 1.29 is 0 Å². The topological polar surface area (TPSA) is 67.4 Å². The molecule has 0 aliphatic carbocycles. The van der Waals surface area contributed by atoms with Crippen LogP contribution in [-0.2, 0) is 0 Å². The van der Waals surface area contributed by atoms with Crippen LogP contribution in [0.3, 0.4) is 0 Å². The lowest BCUT2D eigenvalue weighted by Gasteiger charge is -2.17. The molecular weight excluding hydrogens is 322 g/mol. The van der Waals surface area contributed by atoms with Gasteiger partial charge >= 0.3 is 0 Å². The summed E-state index contributed by atoms with van der Waals surface area (Å²) in [6, 6.07) is 0.280. The van der Waals surface area contributed by atoms with E-state index in [1.807, 2.05) is 6.20 Å². The summed E-state index contributed by atoms with van der Waals surface area (Å²) in [6.45, 7) is 17.6. The van der Waals surface area contributed by atoms with Gasteiger partial charge in [0.05, 0.1) is 11.1 Å². The Bertz CT molecular complexity index is 768. The molecule has 26 heavy (non-hydrogen) atoms. The first-order valence-corrected chi connectivity index (χ1v) is 9.28. The van der Waals surface area contributed by atoms with E-state index in [9.17, 15) is 0 Å². The van der Waals surface area contributed by atoms with Crippen molar-refractivity contribution in [1.29, 1.82) is 0 Å². The number of hydrogen-bond donors (Lipinski definition) is 3. The second-order valence-electron chi connectivity index (χ2n) is 7.21. The van der Waals surface area contributed by atoms with Crippen LogP contribution in [0, 0.1) is 17.8 Å². The molecule has 1 aliphatic rings. The van der Waals surface area contributed by atoms with Gasteiger partial charge in [-0.2, -0.15) is 4.99 Å². The van der Waals surface area contributed by atoms with Crippen LogP contribution in [0.2, 0.25) is 0 Å². The van der Waals surface area contributed by atoms with Gasteiger partial charge in [-0.15, -0.1) is 0 Å². The zero-order valence-electron chi connectivity index (χ0n) is 16.4. The maximum absolute atomic E-state index is 5.84. The fraction of sp³-hybridized carbons (Fsp3) is 0.476. The van der Waals surface area contributed by atoms with E-state index >= 15 is 0 Å².